The Balaban J connectivity index is 0.00000133. The maximum absolute atomic E-state index is 12.0. The van der Waals surface area contributed by atoms with Gasteiger partial charge in [0.05, 0.1) is 5.39 Å². The average Bonchev–Trinajstić information content (AvgIpc) is 2.44. The fourth-order valence-electron chi connectivity index (χ4n) is 1.92. The van der Waals surface area contributed by atoms with Gasteiger partial charge in [0.2, 0.25) is 11.2 Å². The van der Waals surface area contributed by atoms with Crippen molar-refractivity contribution in [3.63, 3.8) is 0 Å². The van der Waals surface area contributed by atoms with Gasteiger partial charge in [-0.2, -0.15) is 0 Å². The van der Waals surface area contributed by atoms with E-state index in [0.717, 1.165) is 0 Å². The fourth-order valence-corrected chi connectivity index (χ4v) is 1.92. The molecule has 0 aliphatic rings. The molecule has 2 aromatic carbocycles. The van der Waals surface area contributed by atoms with E-state index in [1.165, 1.54) is 0 Å². The zero-order valence-electron chi connectivity index (χ0n) is 9.81. The zero-order chi connectivity index (χ0) is 12.5. The van der Waals surface area contributed by atoms with Crippen LogP contribution in [0.1, 0.15) is 0 Å². The molecule has 19 heavy (non-hydrogen) atoms. The molecule has 0 spiro atoms. The van der Waals surface area contributed by atoms with Gasteiger partial charge in [-0.15, -0.1) is 0 Å². The van der Waals surface area contributed by atoms with Gasteiger partial charge in [-0.3, -0.25) is 4.79 Å². The first-order chi connectivity index (χ1) is 8.77. The van der Waals surface area contributed by atoms with Crippen molar-refractivity contribution in [3.05, 3.63) is 64.8 Å². The van der Waals surface area contributed by atoms with Crippen molar-refractivity contribution < 1.29 is 26.6 Å². The molecule has 0 amide bonds. The Bertz CT molecular complexity index is 763. The summed E-state index contributed by atoms with van der Waals surface area (Å²) in [7, 11) is 0. The van der Waals surface area contributed by atoms with Crippen LogP contribution in [-0.2, 0) is 17.1 Å². The number of aromatic hydroxyl groups is 1. The van der Waals surface area contributed by atoms with E-state index in [1.807, 2.05) is 18.2 Å². The van der Waals surface area contributed by atoms with Gasteiger partial charge < -0.3 is 9.52 Å². The molecular weight excluding hydrogens is 284 g/mol. The number of rotatable bonds is 1. The molecule has 3 nitrogen and oxygen atoms in total. The van der Waals surface area contributed by atoms with Crippen LogP contribution in [0.3, 0.4) is 0 Å². The Morgan fingerprint density at radius 3 is 2.26 bits per heavy atom. The van der Waals surface area contributed by atoms with Gasteiger partial charge in [0.25, 0.3) is 0 Å². The van der Waals surface area contributed by atoms with Crippen LogP contribution in [0.2, 0.25) is 0 Å². The van der Waals surface area contributed by atoms with Crippen LogP contribution in [0.25, 0.3) is 22.3 Å². The molecule has 0 fully saturated rings. The summed E-state index contributed by atoms with van der Waals surface area (Å²) in [5.41, 5.74) is 0.743. The van der Waals surface area contributed by atoms with Crippen LogP contribution < -0.4 is 5.43 Å². The normalized spacial score (nSPS) is 10.1. The smallest absolute Gasteiger partial charge is 0.235 e. The molecule has 3 rings (SSSR count). The summed E-state index contributed by atoms with van der Waals surface area (Å²) < 4.78 is 5.61. The van der Waals surface area contributed by atoms with Gasteiger partial charge in [-0.05, 0) is 12.1 Å². The molecule has 1 aromatic heterocycles. The molecule has 4 heteroatoms. The molecule has 0 aliphatic carbocycles. The van der Waals surface area contributed by atoms with E-state index in [-0.39, 0.29) is 28.6 Å². The monoisotopic (exact) mass is 294 g/mol. The van der Waals surface area contributed by atoms with Crippen LogP contribution in [0, 0.1) is 0 Å². The third-order valence-corrected chi connectivity index (χ3v) is 2.81. The largest absolute Gasteiger partial charge is 0.502 e. The molecule has 0 atom stereocenters. The summed E-state index contributed by atoms with van der Waals surface area (Å²) in [6, 6.07) is 15.9. The van der Waals surface area contributed by atoms with E-state index in [2.05, 4.69) is 0 Å². The molecule has 1 N–H and O–H groups in total. The second kappa shape index (κ2) is 5.31. The number of fused-ring (bicyclic) bond motifs is 1. The molecule has 96 valence electrons. The summed E-state index contributed by atoms with van der Waals surface area (Å²) in [6.45, 7) is 0. The second-order valence-corrected chi connectivity index (χ2v) is 3.97. The first-order valence-corrected chi connectivity index (χ1v) is 5.57. The van der Waals surface area contributed by atoms with Crippen molar-refractivity contribution in [2.45, 2.75) is 0 Å². The summed E-state index contributed by atoms with van der Waals surface area (Å²) in [5, 5.41) is 10.3. The second-order valence-electron chi connectivity index (χ2n) is 3.97. The van der Waals surface area contributed by atoms with Crippen LogP contribution in [0.4, 0.5) is 0 Å². The molecule has 0 bridgehead atoms. The Kier molecular flexibility index (Phi) is 3.74. The topological polar surface area (TPSA) is 50.4 Å². The average molecular weight is 294 g/mol. The zero-order valence-corrected chi connectivity index (χ0v) is 10.9. The summed E-state index contributed by atoms with van der Waals surface area (Å²) in [6.07, 6.45) is 0. The predicted molar refractivity (Wildman–Crippen MR) is 69.6 cm³/mol. The fraction of sp³-hybridized carbons (Fsp3) is 0. The number of para-hydroxylation sites is 1. The summed E-state index contributed by atoms with van der Waals surface area (Å²) in [4.78, 5) is 12.0. The molecule has 0 saturated carbocycles. The standard InChI is InChI=1S/C15H10O3.Fe/c16-13-11-8-4-5-9-12(11)18-15(14(13)17)10-6-2-1-3-7-10;/h1-9,17H;. The number of hydrogen-bond acceptors (Lipinski definition) is 3. The van der Waals surface area contributed by atoms with Crippen molar-refractivity contribution in [1.29, 1.82) is 0 Å². The van der Waals surface area contributed by atoms with Gasteiger partial charge in [0.15, 0.2) is 5.76 Å². The maximum atomic E-state index is 12.0. The van der Waals surface area contributed by atoms with Crippen LogP contribution in [0.15, 0.2) is 63.8 Å². The van der Waals surface area contributed by atoms with Crippen molar-refractivity contribution >= 4 is 11.0 Å². The Hall–Kier alpha value is -2.03. The molecule has 1 heterocycles. The maximum Gasteiger partial charge on any atom is 0.235 e. The summed E-state index contributed by atoms with van der Waals surface area (Å²) >= 11 is 0. The number of hydrogen-bond donors (Lipinski definition) is 1. The molecule has 0 saturated heterocycles. The van der Waals surface area contributed by atoms with E-state index in [1.54, 1.807) is 36.4 Å². The van der Waals surface area contributed by atoms with Gasteiger partial charge in [0.1, 0.15) is 5.58 Å². The van der Waals surface area contributed by atoms with Gasteiger partial charge >= 0.3 is 0 Å². The molecule has 0 radical (unpaired) electrons. The van der Waals surface area contributed by atoms with Crippen LogP contribution >= 0.6 is 0 Å². The van der Waals surface area contributed by atoms with Gasteiger partial charge in [-0.1, -0.05) is 42.5 Å². The quantitative estimate of drug-likeness (QED) is 0.701. The third-order valence-electron chi connectivity index (χ3n) is 2.81. The van der Waals surface area contributed by atoms with Gasteiger partial charge in [0, 0.05) is 22.6 Å². The molecule has 0 aliphatic heterocycles. The Labute approximate surface area is 120 Å². The third kappa shape index (κ3) is 2.28. The SMILES string of the molecule is O=c1c(O)c(-c2ccccc2)oc2ccccc12.[Fe]. The first kappa shape index (κ1) is 13.4. The van der Waals surface area contributed by atoms with Crippen LogP contribution in [-0.4, -0.2) is 5.11 Å². The van der Waals surface area contributed by atoms with Crippen molar-refractivity contribution in [2.75, 3.05) is 0 Å². The Morgan fingerprint density at radius 1 is 0.895 bits per heavy atom. The molecule has 3 aromatic rings. The van der Waals surface area contributed by atoms with E-state index in [9.17, 15) is 9.90 Å². The number of benzene rings is 2. The molecule has 0 unspecified atom stereocenters. The van der Waals surface area contributed by atoms with E-state index in [0.29, 0.717) is 16.5 Å². The van der Waals surface area contributed by atoms with E-state index >= 15 is 0 Å². The van der Waals surface area contributed by atoms with E-state index in [4.69, 9.17) is 4.42 Å². The minimum atomic E-state index is -0.407. The minimum Gasteiger partial charge on any atom is -0.502 e. The van der Waals surface area contributed by atoms with Crippen molar-refractivity contribution in [3.8, 4) is 17.1 Å². The predicted octanol–water partition coefficient (Wildman–Crippen LogP) is 3.16. The minimum absolute atomic E-state index is 0. The summed E-state index contributed by atoms with van der Waals surface area (Å²) in [5.74, 6) is -0.140. The first-order valence-electron chi connectivity index (χ1n) is 5.57. The Morgan fingerprint density at radius 2 is 1.53 bits per heavy atom. The van der Waals surface area contributed by atoms with Crippen LogP contribution in [0.5, 0.6) is 5.75 Å². The van der Waals surface area contributed by atoms with Gasteiger partial charge in [-0.25, -0.2) is 0 Å². The van der Waals surface area contributed by atoms with Crippen molar-refractivity contribution in [1.82, 2.24) is 0 Å². The van der Waals surface area contributed by atoms with Crippen molar-refractivity contribution in [2.24, 2.45) is 0 Å². The molecular formula is C15H10FeO3. The van der Waals surface area contributed by atoms with E-state index < -0.39 is 5.43 Å².